The van der Waals surface area contributed by atoms with Crippen molar-refractivity contribution < 1.29 is 4.74 Å². The summed E-state index contributed by atoms with van der Waals surface area (Å²) in [5.74, 6) is 1.88. The molecule has 0 fully saturated rings. The molecule has 0 heterocycles. The molecule has 1 unspecified atom stereocenters. The molecule has 0 amide bonds. The standard InChI is InChI=1S/C17H21NOS/c1-13(18-2)14-8-6-9-16(11-14)20-12-15-7-4-5-10-17(15)19-3/h4-11,13,18H,12H2,1-3H3. The van der Waals surface area contributed by atoms with Crippen LogP contribution in [0.4, 0.5) is 0 Å². The number of hydrogen-bond acceptors (Lipinski definition) is 3. The van der Waals surface area contributed by atoms with Gasteiger partial charge in [0.15, 0.2) is 0 Å². The van der Waals surface area contributed by atoms with Crippen molar-refractivity contribution in [2.45, 2.75) is 23.6 Å². The van der Waals surface area contributed by atoms with E-state index in [4.69, 9.17) is 4.74 Å². The number of rotatable bonds is 6. The number of nitrogens with one attached hydrogen (secondary N) is 1. The van der Waals surface area contributed by atoms with Gasteiger partial charge in [-0.05, 0) is 37.7 Å². The molecule has 106 valence electrons. The number of thioether (sulfide) groups is 1. The quantitative estimate of drug-likeness (QED) is 0.802. The zero-order valence-electron chi connectivity index (χ0n) is 12.2. The summed E-state index contributed by atoms with van der Waals surface area (Å²) in [5, 5.41) is 3.27. The summed E-state index contributed by atoms with van der Waals surface area (Å²) in [6.07, 6.45) is 0. The molecule has 0 saturated carbocycles. The van der Waals surface area contributed by atoms with Crippen molar-refractivity contribution in [3.05, 3.63) is 59.7 Å². The molecule has 2 nitrogen and oxygen atoms in total. The van der Waals surface area contributed by atoms with Crippen LogP contribution in [-0.4, -0.2) is 14.2 Å². The van der Waals surface area contributed by atoms with E-state index in [0.29, 0.717) is 6.04 Å². The van der Waals surface area contributed by atoms with Crippen LogP contribution in [0.15, 0.2) is 53.4 Å². The van der Waals surface area contributed by atoms with Crippen LogP contribution in [0.5, 0.6) is 5.75 Å². The predicted octanol–water partition coefficient (Wildman–Crippen LogP) is 4.27. The third-order valence-corrected chi connectivity index (χ3v) is 4.42. The Morgan fingerprint density at radius 2 is 1.95 bits per heavy atom. The molecular weight excluding hydrogens is 266 g/mol. The van der Waals surface area contributed by atoms with Crippen LogP contribution in [0.3, 0.4) is 0 Å². The maximum atomic E-state index is 5.39. The van der Waals surface area contributed by atoms with E-state index in [1.165, 1.54) is 16.0 Å². The third-order valence-electron chi connectivity index (χ3n) is 3.38. The highest BCUT2D eigenvalue weighted by molar-refractivity contribution is 7.98. The van der Waals surface area contributed by atoms with Crippen LogP contribution in [-0.2, 0) is 5.75 Å². The fourth-order valence-corrected chi connectivity index (χ4v) is 2.98. The number of benzene rings is 2. The molecule has 0 bridgehead atoms. The minimum atomic E-state index is 0.377. The number of para-hydroxylation sites is 1. The Kier molecular flexibility index (Phi) is 5.50. The van der Waals surface area contributed by atoms with E-state index in [9.17, 15) is 0 Å². The average Bonchev–Trinajstić information content (AvgIpc) is 2.52. The fraction of sp³-hybridized carbons (Fsp3) is 0.294. The second-order valence-corrected chi connectivity index (χ2v) is 5.73. The number of methoxy groups -OCH3 is 1. The van der Waals surface area contributed by atoms with Crippen LogP contribution in [0.1, 0.15) is 24.1 Å². The van der Waals surface area contributed by atoms with E-state index >= 15 is 0 Å². The molecule has 2 aromatic rings. The van der Waals surface area contributed by atoms with Gasteiger partial charge in [0.05, 0.1) is 7.11 Å². The Hall–Kier alpha value is -1.45. The lowest BCUT2D eigenvalue weighted by Gasteiger charge is -2.12. The summed E-state index contributed by atoms with van der Waals surface area (Å²) in [5.41, 5.74) is 2.55. The molecule has 0 spiro atoms. The number of hydrogen-bond donors (Lipinski definition) is 1. The molecule has 1 N–H and O–H groups in total. The third kappa shape index (κ3) is 3.78. The van der Waals surface area contributed by atoms with E-state index in [-0.39, 0.29) is 0 Å². The second-order valence-electron chi connectivity index (χ2n) is 4.68. The van der Waals surface area contributed by atoms with Crippen LogP contribution in [0, 0.1) is 0 Å². The molecule has 2 rings (SSSR count). The molecule has 0 radical (unpaired) electrons. The van der Waals surface area contributed by atoms with Gasteiger partial charge in [0.2, 0.25) is 0 Å². The summed E-state index contributed by atoms with van der Waals surface area (Å²) < 4.78 is 5.39. The molecule has 1 atom stereocenters. The molecule has 0 aliphatic heterocycles. The second kappa shape index (κ2) is 7.36. The van der Waals surface area contributed by atoms with Gasteiger partial charge in [-0.15, -0.1) is 11.8 Å². The Morgan fingerprint density at radius 1 is 1.15 bits per heavy atom. The van der Waals surface area contributed by atoms with Gasteiger partial charge in [-0.25, -0.2) is 0 Å². The summed E-state index contributed by atoms with van der Waals surface area (Å²) in [6, 6.07) is 17.2. The minimum absolute atomic E-state index is 0.377. The van der Waals surface area contributed by atoms with Crippen molar-refractivity contribution in [1.29, 1.82) is 0 Å². The van der Waals surface area contributed by atoms with Gasteiger partial charge >= 0.3 is 0 Å². The van der Waals surface area contributed by atoms with Gasteiger partial charge < -0.3 is 10.1 Å². The largest absolute Gasteiger partial charge is 0.496 e. The van der Waals surface area contributed by atoms with Crippen LogP contribution in [0.25, 0.3) is 0 Å². The Bertz CT molecular complexity index is 556. The van der Waals surface area contributed by atoms with Gasteiger partial charge in [-0.3, -0.25) is 0 Å². The normalized spacial score (nSPS) is 12.2. The molecule has 0 saturated heterocycles. The first kappa shape index (κ1) is 14.9. The van der Waals surface area contributed by atoms with Crippen molar-refractivity contribution in [3.63, 3.8) is 0 Å². The van der Waals surface area contributed by atoms with Gasteiger partial charge in [0.1, 0.15) is 5.75 Å². The summed E-state index contributed by atoms with van der Waals surface area (Å²) in [6.45, 7) is 2.17. The van der Waals surface area contributed by atoms with Crippen molar-refractivity contribution >= 4 is 11.8 Å². The lowest BCUT2D eigenvalue weighted by molar-refractivity contribution is 0.411. The minimum Gasteiger partial charge on any atom is -0.496 e. The van der Waals surface area contributed by atoms with Crippen LogP contribution in [0.2, 0.25) is 0 Å². The molecule has 2 aromatic carbocycles. The van der Waals surface area contributed by atoms with E-state index < -0.39 is 0 Å². The van der Waals surface area contributed by atoms with Gasteiger partial charge in [-0.1, -0.05) is 30.3 Å². The van der Waals surface area contributed by atoms with Crippen molar-refractivity contribution in [2.75, 3.05) is 14.2 Å². The van der Waals surface area contributed by atoms with E-state index in [1.54, 1.807) is 7.11 Å². The van der Waals surface area contributed by atoms with E-state index in [1.807, 2.05) is 30.9 Å². The van der Waals surface area contributed by atoms with Crippen molar-refractivity contribution in [2.24, 2.45) is 0 Å². The Labute approximate surface area is 125 Å². The van der Waals surface area contributed by atoms with Gasteiger partial charge in [0.25, 0.3) is 0 Å². The Morgan fingerprint density at radius 3 is 2.70 bits per heavy atom. The monoisotopic (exact) mass is 287 g/mol. The highest BCUT2D eigenvalue weighted by Gasteiger charge is 2.05. The first-order chi connectivity index (χ1) is 9.74. The lowest BCUT2D eigenvalue weighted by Crippen LogP contribution is -2.11. The maximum absolute atomic E-state index is 5.39. The van der Waals surface area contributed by atoms with E-state index in [2.05, 4.69) is 48.6 Å². The molecule has 0 aromatic heterocycles. The summed E-state index contributed by atoms with van der Waals surface area (Å²) >= 11 is 1.84. The van der Waals surface area contributed by atoms with Gasteiger partial charge in [0, 0.05) is 22.3 Å². The maximum Gasteiger partial charge on any atom is 0.122 e. The van der Waals surface area contributed by atoms with E-state index in [0.717, 1.165) is 11.5 Å². The highest BCUT2D eigenvalue weighted by Crippen LogP contribution is 2.29. The SMILES string of the molecule is CNC(C)c1cccc(SCc2ccccc2OC)c1. The molecule has 3 heteroatoms. The average molecular weight is 287 g/mol. The molecular formula is C17H21NOS. The van der Waals surface area contributed by atoms with Crippen LogP contribution < -0.4 is 10.1 Å². The summed E-state index contributed by atoms with van der Waals surface area (Å²) in [4.78, 5) is 1.29. The molecule has 20 heavy (non-hydrogen) atoms. The van der Waals surface area contributed by atoms with Gasteiger partial charge in [-0.2, -0.15) is 0 Å². The van der Waals surface area contributed by atoms with Crippen molar-refractivity contribution in [3.8, 4) is 5.75 Å². The first-order valence-electron chi connectivity index (χ1n) is 6.76. The molecule has 0 aliphatic carbocycles. The zero-order valence-corrected chi connectivity index (χ0v) is 13.0. The summed E-state index contributed by atoms with van der Waals surface area (Å²) in [7, 11) is 3.71. The topological polar surface area (TPSA) is 21.3 Å². The highest BCUT2D eigenvalue weighted by atomic mass is 32.2. The number of ether oxygens (including phenoxy) is 1. The van der Waals surface area contributed by atoms with Crippen molar-refractivity contribution in [1.82, 2.24) is 5.32 Å². The molecule has 0 aliphatic rings. The Balaban J connectivity index is 2.07. The zero-order chi connectivity index (χ0) is 14.4. The van der Waals surface area contributed by atoms with Crippen LogP contribution >= 0.6 is 11.8 Å². The first-order valence-corrected chi connectivity index (χ1v) is 7.75. The fourth-order valence-electron chi connectivity index (χ4n) is 2.02. The lowest BCUT2D eigenvalue weighted by atomic mass is 10.1. The predicted molar refractivity (Wildman–Crippen MR) is 86.5 cm³/mol. The smallest absolute Gasteiger partial charge is 0.122 e.